The van der Waals surface area contributed by atoms with Crippen LogP contribution in [0.5, 0.6) is 0 Å². The van der Waals surface area contributed by atoms with Gasteiger partial charge in [-0.05, 0) is 31.4 Å². The fraction of sp³-hybridized carbons (Fsp3) is 0.438. The van der Waals surface area contributed by atoms with Gasteiger partial charge < -0.3 is 10.2 Å². The van der Waals surface area contributed by atoms with Gasteiger partial charge in [-0.25, -0.2) is 0 Å². The van der Waals surface area contributed by atoms with E-state index >= 15 is 0 Å². The largest absolute Gasteiger partial charge is 0.369 e. The molecule has 19 heavy (non-hydrogen) atoms. The van der Waals surface area contributed by atoms with Crippen molar-refractivity contribution in [2.45, 2.75) is 31.3 Å². The molecule has 2 unspecified atom stereocenters. The van der Waals surface area contributed by atoms with Gasteiger partial charge in [0.15, 0.2) is 0 Å². The summed E-state index contributed by atoms with van der Waals surface area (Å²) < 4.78 is 0. The van der Waals surface area contributed by atoms with Crippen LogP contribution in [0.15, 0.2) is 36.5 Å². The first-order chi connectivity index (χ1) is 9.40. The summed E-state index contributed by atoms with van der Waals surface area (Å²) in [6.07, 6.45) is 5.88. The number of para-hydroxylation sites is 1. The smallest absolute Gasteiger partial charge is 0.0722 e. The molecule has 4 rings (SSSR count). The number of hydrogen-bond acceptors (Lipinski definition) is 3. The fourth-order valence-electron chi connectivity index (χ4n) is 3.52. The molecule has 0 aliphatic carbocycles. The van der Waals surface area contributed by atoms with E-state index in [2.05, 4.69) is 45.5 Å². The van der Waals surface area contributed by atoms with Gasteiger partial charge in [-0.15, -0.1) is 0 Å². The van der Waals surface area contributed by atoms with Gasteiger partial charge in [-0.2, -0.15) is 0 Å². The highest BCUT2D eigenvalue weighted by atomic mass is 15.2. The molecule has 3 heteroatoms. The number of nitrogens with zero attached hydrogens (tertiary/aromatic N) is 2. The number of rotatable bonds is 1. The maximum Gasteiger partial charge on any atom is 0.0722 e. The van der Waals surface area contributed by atoms with E-state index in [1.165, 1.54) is 30.3 Å². The van der Waals surface area contributed by atoms with E-state index in [1.807, 2.05) is 6.20 Å². The molecule has 0 radical (unpaired) electrons. The Morgan fingerprint density at radius 2 is 1.95 bits per heavy atom. The van der Waals surface area contributed by atoms with Gasteiger partial charge in [0, 0.05) is 42.4 Å². The predicted molar refractivity (Wildman–Crippen MR) is 78.5 cm³/mol. The monoisotopic (exact) mass is 253 g/mol. The van der Waals surface area contributed by atoms with E-state index < -0.39 is 0 Å². The van der Waals surface area contributed by atoms with Gasteiger partial charge in [0.1, 0.15) is 0 Å². The standard InChI is InChI=1S/C16H19N3/c1-2-4-15-14(3-1)16(7-9-17-15)19-10-8-12-5-6-13(11-19)18-12/h1-4,7,9,12-13,18H,5-6,8,10-11H2. The van der Waals surface area contributed by atoms with Crippen LogP contribution in [0.2, 0.25) is 0 Å². The average molecular weight is 253 g/mol. The lowest BCUT2D eigenvalue weighted by molar-refractivity contribution is 0.563. The first kappa shape index (κ1) is 11.2. The topological polar surface area (TPSA) is 28.2 Å². The molecule has 2 bridgehead atoms. The highest BCUT2D eigenvalue weighted by Gasteiger charge is 2.29. The third kappa shape index (κ3) is 1.98. The molecule has 0 saturated carbocycles. The summed E-state index contributed by atoms with van der Waals surface area (Å²) in [4.78, 5) is 7.01. The highest BCUT2D eigenvalue weighted by molar-refractivity contribution is 5.91. The van der Waals surface area contributed by atoms with E-state index in [0.717, 1.165) is 24.6 Å². The molecule has 0 amide bonds. The zero-order valence-electron chi connectivity index (χ0n) is 11.0. The Labute approximate surface area is 113 Å². The number of aromatic nitrogens is 1. The number of nitrogens with one attached hydrogen (secondary N) is 1. The van der Waals surface area contributed by atoms with Crippen molar-refractivity contribution in [2.24, 2.45) is 0 Å². The molecule has 3 heterocycles. The van der Waals surface area contributed by atoms with Crippen LogP contribution >= 0.6 is 0 Å². The zero-order chi connectivity index (χ0) is 12.7. The van der Waals surface area contributed by atoms with Crippen molar-refractivity contribution in [3.8, 4) is 0 Å². The Kier molecular flexibility index (Phi) is 2.66. The van der Waals surface area contributed by atoms with Gasteiger partial charge in [0.05, 0.1) is 5.52 Å². The van der Waals surface area contributed by atoms with Crippen molar-refractivity contribution in [2.75, 3.05) is 18.0 Å². The summed E-state index contributed by atoms with van der Waals surface area (Å²) in [5, 5.41) is 5.02. The third-order valence-corrected chi connectivity index (χ3v) is 4.49. The number of pyridine rings is 1. The molecule has 1 aromatic heterocycles. The molecule has 3 nitrogen and oxygen atoms in total. The van der Waals surface area contributed by atoms with Crippen LogP contribution in [0.3, 0.4) is 0 Å². The molecule has 0 spiro atoms. The van der Waals surface area contributed by atoms with Gasteiger partial charge in [0.25, 0.3) is 0 Å². The molecule has 1 N–H and O–H groups in total. The minimum atomic E-state index is 0.666. The molecule has 2 aromatic rings. The van der Waals surface area contributed by atoms with E-state index in [9.17, 15) is 0 Å². The quantitative estimate of drug-likeness (QED) is 0.846. The van der Waals surface area contributed by atoms with Crippen LogP contribution in [0, 0.1) is 0 Å². The minimum Gasteiger partial charge on any atom is -0.369 e. The molecule has 98 valence electrons. The highest BCUT2D eigenvalue weighted by Crippen LogP contribution is 2.29. The molecule has 2 fully saturated rings. The van der Waals surface area contributed by atoms with Crippen molar-refractivity contribution in [3.63, 3.8) is 0 Å². The van der Waals surface area contributed by atoms with Gasteiger partial charge >= 0.3 is 0 Å². The normalized spacial score (nSPS) is 26.6. The molecule has 2 aliphatic rings. The van der Waals surface area contributed by atoms with Crippen molar-refractivity contribution < 1.29 is 0 Å². The maximum atomic E-state index is 4.47. The third-order valence-electron chi connectivity index (χ3n) is 4.49. The fourth-order valence-corrected chi connectivity index (χ4v) is 3.52. The van der Waals surface area contributed by atoms with Crippen molar-refractivity contribution in [3.05, 3.63) is 36.5 Å². The summed E-state index contributed by atoms with van der Waals surface area (Å²) in [6, 6.07) is 12.0. The van der Waals surface area contributed by atoms with Gasteiger partial charge in [0.2, 0.25) is 0 Å². The first-order valence-electron chi connectivity index (χ1n) is 7.25. The first-order valence-corrected chi connectivity index (χ1v) is 7.25. The summed E-state index contributed by atoms with van der Waals surface area (Å²) in [6.45, 7) is 2.28. The lowest BCUT2D eigenvalue weighted by atomic mass is 10.1. The van der Waals surface area contributed by atoms with Crippen LogP contribution in [0.25, 0.3) is 10.9 Å². The molecule has 2 aliphatic heterocycles. The number of anilines is 1. The Bertz CT molecular complexity index is 590. The van der Waals surface area contributed by atoms with Gasteiger partial charge in [-0.3, -0.25) is 4.98 Å². The van der Waals surface area contributed by atoms with E-state index in [1.54, 1.807) is 0 Å². The van der Waals surface area contributed by atoms with Crippen LogP contribution in [-0.4, -0.2) is 30.2 Å². The zero-order valence-corrected chi connectivity index (χ0v) is 11.0. The Balaban J connectivity index is 1.73. The summed E-state index contributed by atoms with van der Waals surface area (Å²) in [7, 11) is 0. The lowest BCUT2D eigenvalue weighted by Gasteiger charge is -2.27. The molecular weight excluding hydrogens is 234 g/mol. The van der Waals surface area contributed by atoms with Crippen LogP contribution in [0.1, 0.15) is 19.3 Å². The Morgan fingerprint density at radius 1 is 1.05 bits per heavy atom. The lowest BCUT2D eigenvalue weighted by Crippen LogP contribution is -2.35. The van der Waals surface area contributed by atoms with Crippen LogP contribution in [-0.2, 0) is 0 Å². The summed E-state index contributed by atoms with van der Waals surface area (Å²) >= 11 is 0. The number of hydrogen-bond donors (Lipinski definition) is 1. The molecular formula is C16H19N3. The van der Waals surface area contributed by atoms with Crippen molar-refractivity contribution in [1.29, 1.82) is 0 Å². The van der Waals surface area contributed by atoms with Crippen LogP contribution < -0.4 is 10.2 Å². The Hall–Kier alpha value is -1.61. The van der Waals surface area contributed by atoms with E-state index in [0.29, 0.717) is 6.04 Å². The van der Waals surface area contributed by atoms with Crippen molar-refractivity contribution in [1.82, 2.24) is 10.3 Å². The SMILES string of the molecule is c1ccc2c(N3CCC4CCC(C3)N4)ccnc2c1. The second-order valence-corrected chi connectivity index (χ2v) is 5.72. The predicted octanol–water partition coefficient (Wildman–Crippen LogP) is 2.57. The Morgan fingerprint density at radius 3 is 2.95 bits per heavy atom. The van der Waals surface area contributed by atoms with Crippen LogP contribution in [0.4, 0.5) is 5.69 Å². The molecule has 2 atom stereocenters. The van der Waals surface area contributed by atoms with Crippen molar-refractivity contribution >= 4 is 16.6 Å². The maximum absolute atomic E-state index is 4.47. The average Bonchev–Trinajstić information content (AvgIpc) is 2.78. The number of benzene rings is 1. The molecule has 1 aromatic carbocycles. The second kappa shape index (κ2) is 4.49. The minimum absolute atomic E-state index is 0.666. The van der Waals surface area contributed by atoms with E-state index in [4.69, 9.17) is 0 Å². The summed E-state index contributed by atoms with van der Waals surface area (Å²) in [5.74, 6) is 0. The second-order valence-electron chi connectivity index (χ2n) is 5.72. The summed E-state index contributed by atoms with van der Waals surface area (Å²) in [5.41, 5.74) is 2.45. The van der Waals surface area contributed by atoms with E-state index in [-0.39, 0.29) is 0 Å². The van der Waals surface area contributed by atoms with Gasteiger partial charge in [-0.1, -0.05) is 18.2 Å². The molecule has 2 saturated heterocycles. The number of fused-ring (bicyclic) bond motifs is 3.